The van der Waals surface area contributed by atoms with E-state index in [0.717, 1.165) is 4.70 Å². The van der Waals surface area contributed by atoms with Gasteiger partial charge in [0.1, 0.15) is 10.4 Å². The maximum atomic E-state index is 12.7. The number of allylic oxidation sites excluding steroid dienone is 3. The lowest BCUT2D eigenvalue weighted by atomic mass is 10.1. The van der Waals surface area contributed by atoms with Crippen LogP contribution in [0.2, 0.25) is 0 Å². The molecule has 0 saturated carbocycles. The summed E-state index contributed by atoms with van der Waals surface area (Å²) in [6, 6.07) is 5.15. The summed E-state index contributed by atoms with van der Waals surface area (Å²) in [4.78, 5) is 4.52. The number of para-hydroxylation sites is 1. The van der Waals surface area contributed by atoms with Crippen molar-refractivity contribution in [3.05, 3.63) is 42.6 Å². The molecule has 0 spiro atoms. The Labute approximate surface area is 134 Å². The van der Waals surface area contributed by atoms with Crippen LogP contribution in [0.3, 0.4) is 0 Å². The van der Waals surface area contributed by atoms with E-state index in [-0.39, 0.29) is 10.8 Å². The first-order valence-corrected chi connectivity index (χ1v) is 9.11. The smallest absolute Gasteiger partial charge is 0.263 e. The zero-order chi connectivity index (χ0) is 16.3. The number of sulfonamides is 1. The van der Waals surface area contributed by atoms with Crippen molar-refractivity contribution in [1.82, 2.24) is 9.71 Å². The normalized spacial score (nSPS) is 12.6. The second-order valence-corrected chi connectivity index (χ2v) is 7.67. The highest BCUT2D eigenvalue weighted by Crippen LogP contribution is 2.30. The lowest BCUT2D eigenvalue weighted by Crippen LogP contribution is -2.26. The van der Waals surface area contributed by atoms with Crippen LogP contribution in [-0.4, -0.2) is 20.4 Å². The van der Waals surface area contributed by atoms with Crippen molar-refractivity contribution < 1.29 is 8.42 Å². The fraction of sp³-hybridized carbons (Fsp3) is 0.267. The summed E-state index contributed by atoms with van der Waals surface area (Å²) in [5.74, 6) is 0.0373. The molecular weight excluding hydrogens is 318 g/mol. The molecule has 5 nitrogen and oxygen atoms in total. The van der Waals surface area contributed by atoms with Gasteiger partial charge in [0, 0.05) is 12.7 Å². The van der Waals surface area contributed by atoms with E-state index in [1.54, 1.807) is 31.3 Å². The topological polar surface area (TPSA) is 71.1 Å². The second-order valence-electron chi connectivity index (χ2n) is 4.99. The fourth-order valence-corrected chi connectivity index (χ4v) is 4.23. The standard InChI is InChI=1S/C15H19N3O2S2/c1-5-7-11(10(2)3)18-22(19,20)13-9-6-8-12-14(13)17-15(16-4)21-12/h5-10,18H,1H2,2-4H3,(H,16,17)/b11-7+. The summed E-state index contributed by atoms with van der Waals surface area (Å²) in [7, 11) is -1.94. The van der Waals surface area contributed by atoms with Crippen LogP contribution < -0.4 is 10.0 Å². The zero-order valence-electron chi connectivity index (χ0n) is 12.8. The van der Waals surface area contributed by atoms with Crippen LogP contribution in [-0.2, 0) is 10.0 Å². The van der Waals surface area contributed by atoms with E-state index >= 15 is 0 Å². The third-order valence-electron chi connectivity index (χ3n) is 3.06. The van der Waals surface area contributed by atoms with Crippen LogP contribution in [0.1, 0.15) is 13.8 Å². The Hall–Kier alpha value is -1.86. The molecule has 0 radical (unpaired) electrons. The van der Waals surface area contributed by atoms with Gasteiger partial charge in [-0.1, -0.05) is 43.9 Å². The SMILES string of the molecule is C=C/C=C(/NS(=O)(=O)c1cccc2sc(NC)nc12)C(C)C. The molecule has 0 fully saturated rings. The minimum Gasteiger partial charge on any atom is -0.365 e. The van der Waals surface area contributed by atoms with Gasteiger partial charge in [0.25, 0.3) is 10.0 Å². The number of anilines is 1. The van der Waals surface area contributed by atoms with E-state index in [1.807, 2.05) is 19.9 Å². The summed E-state index contributed by atoms with van der Waals surface area (Å²) in [5, 5.41) is 3.63. The van der Waals surface area contributed by atoms with Gasteiger partial charge >= 0.3 is 0 Å². The minimum absolute atomic E-state index is 0.0373. The number of nitrogens with one attached hydrogen (secondary N) is 2. The molecule has 7 heteroatoms. The molecule has 0 aliphatic carbocycles. The van der Waals surface area contributed by atoms with Gasteiger partial charge < -0.3 is 5.32 Å². The van der Waals surface area contributed by atoms with Crippen molar-refractivity contribution >= 4 is 36.7 Å². The molecule has 0 atom stereocenters. The van der Waals surface area contributed by atoms with Gasteiger partial charge in [-0.25, -0.2) is 13.4 Å². The van der Waals surface area contributed by atoms with E-state index < -0.39 is 10.0 Å². The Balaban J connectivity index is 2.52. The third kappa shape index (κ3) is 3.31. The van der Waals surface area contributed by atoms with Crippen LogP contribution in [0, 0.1) is 5.92 Å². The average molecular weight is 337 g/mol. The summed E-state index contributed by atoms with van der Waals surface area (Å²) in [6.07, 6.45) is 3.24. The fourth-order valence-electron chi connectivity index (χ4n) is 1.93. The van der Waals surface area contributed by atoms with Crippen molar-refractivity contribution in [1.29, 1.82) is 0 Å². The molecule has 0 aliphatic rings. The van der Waals surface area contributed by atoms with Gasteiger partial charge in [-0.05, 0) is 24.1 Å². The van der Waals surface area contributed by atoms with Crippen molar-refractivity contribution in [3.8, 4) is 0 Å². The number of nitrogens with zero attached hydrogens (tertiary/aromatic N) is 1. The lowest BCUT2D eigenvalue weighted by molar-refractivity contribution is 0.582. The highest BCUT2D eigenvalue weighted by molar-refractivity contribution is 7.89. The molecule has 0 aliphatic heterocycles. The van der Waals surface area contributed by atoms with Gasteiger partial charge in [0.15, 0.2) is 5.13 Å². The molecular formula is C15H19N3O2S2. The molecule has 0 amide bonds. The summed E-state index contributed by atoms with van der Waals surface area (Å²) >= 11 is 1.42. The molecule has 1 aromatic heterocycles. The number of thiazole rings is 1. The van der Waals surface area contributed by atoms with E-state index in [9.17, 15) is 8.42 Å². The third-order valence-corrected chi connectivity index (χ3v) is 5.51. The molecule has 1 aromatic carbocycles. The number of hydrogen-bond donors (Lipinski definition) is 2. The van der Waals surface area contributed by atoms with E-state index in [4.69, 9.17) is 0 Å². The van der Waals surface area contributed by atoms with Crippen LogP contribution >= 0.6 is 11.3 Å². The lowest BCUT2D eigenvalue weighted by Gasteiger charge is -2.14. The highest BCUT2D eigenvalue weighted by Gasteiger charge is 2.21. The van der Waals surface area contributed by atoms with Crippen molar-refractivity contribution in [2.24, 2.45) is 5.92 Å². The van der Waals surface area contributed by atoms with Crippen molar-refractivity contribution in [3.63, 3.8) is 0 Å². The maximum absolute atomic E-state index is 12.7. The Bertz CT molecular complexity index is 820. The van der Waals surface area contributed by atoms with E-state index in [2.05, 4.69) is 21.6 Å². The quantitative estimate of drug-likeness (QED) is 0.793. The molecule has 2 rings (SSSR count). The number of rotatable bonds is 6. The Morgan fingerprint density at radius 3 is 2.73 bits per heavy atom. The molecule has 118 valence electrons. The van der Waals surface area contributed by atoms with Gasteiger partial charge in [-0.15, -0.1) is 0 Å². The second kappa shape index (κ2) is 6.50. The van der Waals surface area contributed by atoms with Gasteiger partial charge in [-0.2, -0.15) is 0 Å². The van der Waals surface area contributed by atoms with Crippen molar-refractivity contribution in [2.75, 3.05) is 12.4 Å². The first-order valence-electron chi connectivity index (χ1n) is 6.81. The zero-order valence-corrected chi connectivity index (χ0v) is 14.4. The molecule has 22 heavy (non-hydrogen) atoms. The summed E-state index contributed by atoms with van der Waals surface area (Å²) < 4.78 is 28.8. The van der Waals surface area contributed by atoms with E-state index in [1.165, 1.54) is 11.3 Å². The molecule has 0 unspecified atom stereocenters. The molecule has 1 heterocycles. The monoisotopic (exact) mass is 337 g/mol. The summed E-state index contributed by atoms with van der Waals surface area (Å²) in [6.45, 7) is 7.45. The number of aromatic nitrogens is 1. The van der Waals surface area contributed by atoms with Crippen LogP contribution in [0.25, 0.3) is 10.2 Å². The molecule has 0 bridgehead atoms. The van der Waals surface area contributed by atoms with Gasteiger partial charge in [-0.3, -0.25) is 4.72 Å². The van der Waals surface area contributed by atoms with Gasteiger partial charge in [0.2, 0.25) is 0 Å². The van der Waals surface area contributed by atoms with Crippen LogP contribution in [0.15, 0.2) is 47.5 Å². The summed E-state index contributed by atoms with van der Waals surface area (Å²) in [5.41, 5.74) is 1.07. The largest absolute Gasteiger partial charge is 0.365 e. The number of benzene rings is 1. The molecule has 0 saturated heterocycles. The first-order chi connectivity index (χ1) is 10.4. The molecule has 2 N–H and O–H groups in total. The van der Waals surface area contributed by atoms with Crippen molar-refractivity contribution in [2.45, 2.75) is 18.7 Å². The Morgan fingerprint density at radius 2 is 2.14 bits per heavy atom. The first kappa shape index (κ1) is 16.5. The predicted octanol–water partition coefficient (Wildman–Crippen LogP) is 3.34. The predicted molar refractivity (Wildman–Crippen MR) is 92.6 cm³/mol. The Morgan fingerprint density at radius 1 is 1.41 bits per heavy atom. The van der Waals surface area contributed by atoms with Gasteiger partial charge in [0.05, 0.1) is 4.70 Å². The number of fused-ring (bicyclic) bond motifs is 1. The minimum atomic E-state index is -3.70. The number of hydrogen-bond acceptors (Lipinski definition) is 5. The average Bonchev–Trinajstić information content (AvgIpc) is 2.89. The Kier molecular flexibility index (Phi) is 4.87. The molecule has 2 aromatic rings. The highest BCUT2D eigenvalue weighted by atomic mass is 32.2. The van der Waals surface area contributed by atoms with Crippen LogP contribution in [0.4, 0.5) is 5.13 Å². The van der Waals surface area contributed by atoms with Crippen LogP contribution in [0.5, 0.6) is 0 Å². The van der Waals surface area contributed by atoms with E-state index in [0.29, 0.717) is 16.3 Å². The maximum Gasteiger partial charge on any atom is 0.263 e.